The van der Waals surface area contributed by atoms with Gasteiger partial charge in [0.2, 0.25) is 5.95 Å². The summed E-state index contributed by atoms with van der Waals surface area (Å²) in [5.41, 5.74) is 2.14. The van der Waals surface area contributed by atoms with Gasteiger partial charge in [0.15, 0.2) is 5.82 Å². The number of aryl methyl sites for hydroxylation is 1. The minimum atomic E-state index is 0.270. The lowest BCUT2D eigenvalue weighted by molar-refractivity contribution is 0.296. The molecule has 112 valence electrons. The van der Waals surface area contributed by atoms with Crippen LogP contribution < -0.4 is 10.1 Å². The van der Waals surface area contributed by atoms with Gasteiger partial charge in [-0.2, -0.15) is 4.98 Å². The van der Waals surface area contributed by atoms with Crippen LogP contribution in [0.25, 0.3) is 0 Å². The molecule has 3 rings (SSSR count). The van der Waals surface area contributed by atoms with Crippen LogP contribution in [0.2, 0.25) is 5.02 Å². The van der Waals surface area contributed by atoms with Gasteiger partial charge in [0.05, 0.1) is 5.02 Å². The molecule has 0 fully saturated rings. The van der Waals surface area contributed by atoms with Crippen LogP contribution in [0.15, 0.2) is 48.5 Å². The molecule has 22 heavy (non-hydrogen) atoms. The number of nitrogens with one attached hydrogen (secondary N) is 2. The van der Waals surface area contributed by atoms with Crippen LogP contribution in [0.5, 0.6) is 5.75 Å². The molecular formula is C16H15ClN4O. The van der Waals surface area contributed by atoms with Gasteiger partial charge in [0.1, 0.15) is 12.4 Å². The van der Waals surface area contributed by atoms with Crippen LogP contribution in [-0.4, -0.2) is 15.2 Å². The number of para-hydroxylation sites is 1. The molecule has 0 atom stereocenters. The first-order chi connectivity index (χ1) is 10.7. The van der Waals surface area contributed by atoms with Gasteiger partial charge in [-0.15, -0.1) is 5.10 Å². The lowest BCUT2D eigenvalue weighted by Gasteiger charge is -2.05. The molecule has 0 saturated heterocycles. The summed E-state index contributed by atoms with van der Waals surface area (Å²) < 4.78 is 5.61. The SMILES string of the molecule is Cc1ccc(Nc2n[nH]c(COc3ccccc3Cl)n2)cc1. The summed E-state index contributed by atoms with van der Waals surface area (Å²) in [6.07, 6.45) is 0. The van der Waals surface area contributed by atoms with Gasteiger partial charge >= 0.3 is 0 Å². The van der Waals surface area contributed by atoms with Crippen molar-refractivity contribution < 1.29 is 4.74 Å². The molecule has 3 aromatic rings. The number of halogens is 1. The van der Waals surface area contributed by atoms with Crippen molar-refractivity contribution in [3.63, 3.8) is 0 Å². The molecule has 6 heteroatoms. The smallest absolute Gasteiger partial charge is 0.246 e. The quantitative estimate of drug-likeness (QED) is 0.744. The van der Waals surface area contributed by atoms with E-state index in [1.54, 1.807) is 6.07 Å². The minimum absolute atomic E-state index is 0.270. The maximum absolute atomic E-state index is 6.03. The van der Waals surface area contributed by atoms with Gasteiger partial charge in [-0.3, -0.25) is 5.10 Å². The van der Waals surface area contributed by atoms with Crippen LogP contribution in [0.3, 0.4) is 0 Å². The molecule has 0 aliphatic heterocycles. The molecule has 0 spiro atoms. The Morgan fingerprint density at radius 2 is 1.91 bits per heavy atom. The van der Waals surface area contributed by atoms with Gasteiger partial charge in [-0.25, -0.2) is 0 Å². The number of anilines is 2. The highest BCUT2D eigenvalue weighted by atomic mass is 35.5. The third kappa shape index (κ3) is 3.56. The molecule has 0 saturated carbocycles. The van der Waals surface area contributed by atoms with Crippen LogP contribution in [-0.2, 0) is 6.61 Å². The molecule has 2 N–H and O–H groups in total. The van der Waals surface area contributed by atoms with E-state index in [0.29, 0.717) is 22.5 Å². The highest BCUT2D eigenvalue weighted by molar-refractivity contribution is 6.32. The lowest BCUT2D eigenvalue weighted by atomic mass is 10.2. The van der Waals surface area contributed by atoms with Crippen molar-refractivity contribution in [3.05, 3.63) is 64.9 Å². The van der Waals surface area contributed by atoms with E-state index in [1.165, 1.54) is 5.56 Å². The van der Waals surface area contributed by atoms with E-state index in [0.717, 1.165) is 5.69 Å². The second-order valence-corrected chi connectivity index (χ2v) is 5.22. The average molecular weight is 315 g/mol. The Hall–Kier alpha value is -2.53. The first-order valence-corrected chi connectivity index (χ1v) is 7.21. The van der Waals surface area contributed by atoms with Crippen molar-refractivity contribution in [2.45, 2.75) is 13.5 Å². The van der Waals surface area contributed by atoms with Gasteiger partial charge < -0.3 is 10.1 Å². The zero-order valence-electron chi connectivity index (χ0n) is 12.0. The molecule has 0 aliphatic rings. The topological polar surface area (TPSA) is 62.8 Å². The number of aromatic nitrogens is 3. The summed E-state index contributed by atoms with van der Waals surface area (Å²) in [6.45, 7) is 2.31. The molecule has 2 aromatic carbocycles. The van der Waals surface area contributed by atoms with E-state index in [2.05, 4.69) is 20.5 Å². The van der Waals surface area contributed by atoms with Crippen molar-refractivity contribution in [3.8, 4) is 5.75 Å². The van der Waals surface area contributed by atoms with Crippen molar-refractivity contribution >= 4 is 23.2 Å². The van der Waals surface area contributed by atoms with Gasteiger partial charge in [-0.1, -0.05) is 41.4 Å². The highest BCUT2D eigenvalue weighted by Gasteiger charge is 2.06. The predicted molar refractivity (Wildman–Crippen MR) is 86.6 cm³/mol. The summed E-state index contributed by atoms with van der Waals surface area (Å²) in [5.74, 6) is 1.74. The second kappa shape index (κ2) is 6.49. The monoisotopic (exact) mass is 314 g/mol. The normalized spacial score (nSPS) is 10.5. The van der Waals surface area contributed by atoms with E-state index in [9.17, 15) is 0 Å². The number of aromatic amines is 1. The van der Waals surface area contributed by atoms with Crippen molar-refractivity contribution in [2.24, 2.45) is 0 Å². The summed E-state index contributed by atoms with van der Waals surface area (Å²) >= 11 is 6.03. The molecule has 1 heterocycles. The van der Waals surface area contributed by atoms with Crippen LogP contribution in [0.1, 0.15) is 11.4 Å². The van der Waals surface area contributed by atoms with E-state index in [1.807, 2.05) is 49.4 Å². The summed E-state index contributed by atoms with van der Waals surface area (Å²) in [4.78, 5) is 4.33. The summed E-state index contributed by atoms with van der Waals surface area (Å²) in [6, 6.07) is 15.3. The van der Waals surface area contributed by atoms with E-state index < -0.39 is 0 Å². The molecule has 5 nitrogen and oxygen atoms in total. The maximum atomic E-state index is 6.03. The van der Waals surface area contributed by atoms with E-state index in [-0.39, 0.29) is 6.61 Å². The largest absolute Gasteiger partial charge is 0.484 e. The molecule has 1 aromatic heterocycles. The highest BCUT2D eigenvalue weighted by Crippen LogP contribution is 2.23. The summed E-state index contributed by atoms with van der Waals surface area (Å²) in [7, 11) is 0. The number of nitrogens with zero attached hydrogens (tertiary/aromatic N) is 2. The Balaban J connectivity index is 1.61. The Labute approximate surface area is 133 Å². The molecule has 0 bridgehead atoms. The Bertz CT molecular complexity index is 755. The van der Waals surface area contributed by atoms with Gasteiger partial charge in [0.25, 0.3) is 0 Å². The van der Waals surface area contributed by atoms with Gasteiger partial charge in [-0.05, 0) is 31.2 Å². The lowest BCUT2D eigenvalue weighted by Crippen LogP contribution is -1.98. The molecule has 0 amide bonds. The Kier molecular flexibility index (Phi) is 4.25. The standard InChI is InChI=1S/C16H15ClN4O/c1-11-6-8-12(9-7-11)18-16-19-15(20-21-16)10-22-14-5-3-2-4-13(14)17/h2-9H,10H2,1H3,(H2,18,19,20,21). The Morgan fingerprint density at radius 3 is 2.68 bits per heavy atom. The Morgan fingerprint density at radius 1 is 1.14 bits per heavy atom. The average Bonchev–Trinajstić information content (AvgIpc) is 2.96. The maximum Gasteiger partial charge on any atom is 0.246 e. The molecule has 0 unspecified atom stereocenters. The zero-order chi connectivity index (χ0) is 15.4. The van der Waals surface area contributed by atoms with E-state index in [4.69, 9.17) is 16.3 Å². The third-order valence-electron chi connectivity index (χ3n) is 3.04. The fourth-order valence-electron chi connectivity index (χ4n) is 1.89. The minimum Gasteiger partial charge on any atom is -0.484 e. The fourth-order valence-corrected chi connectivity index (χ4v) is 2.08. The van der Waals surface area contributed by atoms with Crippen molar-refractivity contribution in [2.75, 3.05) is 5.32 Å². The first-order valence-electron chi connectivity index (χ1n) is 6.83. The molecule has 0 radical (unpaired) electrons. The van der Waals surface area contributed by atoms with E-state index >= 15 is 0 Å². The number of rotatable bonds is 5. The predicted octanol–water partition coefficient (Wildman–Crippen LogP) is 4.09. The zero-order valence-corrected chi connectivity index (χ0v) is 12.8. The fraction of sp³-hybridized carbons (Fsp3) is 0.125. The molecular weight excluding hydrogens is 300 g/mol. The third-order valence-corrected chi connectivity index (χ3v) is 3.35. The molecule has 0 aliphatic carbocycles. The number of hydrogen-bond donors (Lipinski definition) is 2. The first kappa shape index (κ1) is 14.4. The number of ether oxygens (including phenoxy) is 1. The number of H-pyrrole nitrogens is 1. The summed E-state index contributed by atoms with van der Waals surface area (Å²) in [5, 5.41) is 10.6. The van der Waals surface area contributed by atoms with Gasteiger partial charge in [0, 0.05) is 5.69 Å². The van der Waals surface area contributed by atoms with Crippen LogP contribution >= 0.6 is 11.6 Å². The van der Waals surface area contributed by atoms with Crippen LogP contribution in [0.4, 0.5) is 11.6 Å². The second-order valence-electron chi connectivity index (χ2n) is 4.82. The number of benzene rings is 2. The van der Waals surface area contributed by atoms with Crippen molar-refractivity contribution in [1.29, 1.82) is 0 Å². The van der Waals surface area contributed by atoms with Crippen molar-refractivity contribution in [1.82, 2.24) is 15.2 Å². The van der Waals surface area contributed by atoms with Crippen LogP contribution in [0, 0.1) is 6.92 Å². The number of hydrogen-bond acceptors (Lipinski definition) is 4.